The molecule has 0 bridgehead atoms. The maximum Gasteiger partial charge on any atom is 0.338 e. The number of hydrogen-bond acceptors (Lipinski definition) is 9. The number of rotatable bonds is 8. The number of thiazole rings is 1. The summed E-state index contributed by atoms with van der Waals surface area (Å²) in [6.45, 7) is 9.02. The normalized spacial score (nSPS) is 17.5. The van der Waals surface area contributed by atoms with Crippen molar-refractivity contribution < 1.29 is 33.6 Å². The Morgan fingerprint density at radius 3 is 2.37 bits per heavy atom. The molecule has 10 heteroatoms. The van der Waals surface area contributed by atoms with Crippen molar-refractivity contribution >= 4 is 23.3 Å². The van der Waals surface area contributed by atoms with Crippen LogP contribution in [0.5, 0.6) is 23.1 Å². The summed E-state index contributed by atoms with van der Waals surface area (Å²) in [6, 6.07) is 16.2. The molecule has 0 fully saturated rings. The monoisotopic (exact) mass is 603 g/mol. The quantitative estimate of drug-likeness (QED) is 0.183. The van der Waals surface area contributed by atoms with E-state index in [2.05, 4.69) is 4.98 Å². The second-order valence-electron chi connectivity index (χ2n) is 11.0. The van der Waals surface area contributed by atoms with Gasteiger partial charge in [-0.3, -0.25) is 14.6 Å². The number of hydrogen-bond donors (Lipinski definition) is 2. The van der Waals surface area contributed by atoms with Crippen LogP contribution in [0.25, 0.3) is 0 Å². The van der Waals surface area contributed by atoms with Gasteiger partial charge in [0.25, 0.3) is 0 Å². The van der Waals surface area contributed by atoms with Crippen molar-refractivity contribution in [2.45, 2.75) is 59.2 Å². The highest BCUT2D eigenvalue weighted by Crippen LogP contribution is 2.49. The first kappa shape index (κ1) is 29.9. The van der Waals surface area contributed by atoms with Crippen LogP contribution in [0, 0.1) is 20.8 Å². The van der Waals surface area contributed by atoms with E-state index in [1.807, 2.05) is 58.0 Å². The molecule has 2 heterocycles. The highest BCUT2D eigenvalue weighted by molar-refractivity contribution is 7.09. The van der Waals surface area contributed by atoms with E-state index in [1.165, 1.54) is 6.92 Å². The molecule has 9 nitrogen and oxygen atoms in total. The summed E-state index contributed by atoms with van der Waals surface area (Å²) in [5.41, 5.74) is 3.35. The van der Waals surface area contributed by atoms with Crippen LogP contribution in [0.1, 0.15) is 69.4 Å². The summed E-state index contributed by atoms with van der Waals surface area (Å²) in [5.74, 6) is 0.606. The van der Waals surface area contributed by atoms with E-state index in [9.17, 15) is 19.5 Å². The van der Waals surface area contributed by atoms with Crippen molar-refractivity contribution in [1.82, 2.24) is 4.98 Å². The van der Waals surface area contributed by atoms with E-state index in [1.54, 1.807) is 24.3 Å². The number of carbonyl (C=O) groups is 2. The topological polar surface area (TPSA) is 124 Å². The van der Waals surface area contributed by atoms with Gasteiger partial charge in [0.05, 0.1) is 10.4 Å². The lowest BCUT2D eigenvalue weighted by molar-refractivity contribution is -0.132. The zero-order valence-electron chi connectivity index (χ0n) is 24.6. The summed E-state index contributed by atoms with van der Waals surface area (Å²) < 4.78 is 24.5. The van der Waals surface area contributed by atoms with Crippen LogP contribution >= 0.6 is 11.3 Å². The van der Waals surface area contributed by atoms with Crippen LogP contribution in [0.2, 0.25) is 0 Å². The molecule has 1 aromatic heterocycles. The number of aromatic amines is 1. The number of esters is 2. The van der Waals surface area contributed by atoms with Gasteiger partial charge in [-0.05, 0) is 68.7 Å². The van der Waals surface area contributed by atoms with Crippen LogP contribution in [-0.2, 0) is 16.0 Å². The van der Waals surface area contributed by atoms with Gasteiger partial charge in [-0.25, -0.2) is 4.79 Å². The molecule has 2 N–H and O–H groups in total. The highest BCUT2D eigenvalue weighted by atomic mass is 32.1. The third-order valence-corrected chi connectivity index (χ3v) is 8.43. The number of aromatic nitrogens is 1. The molecular formula is C33H33NO8S. The van der Waals surface area contributed by atoms with E-state index in [4.69, 9.17) is 18.9 Å². The minimum Gasteiger partial charge on any atom is -0.494 e. The predicted octanol–water partition coefficient (Wildman–Crippen LogP) is 6.10. The smallest absolute Gasteiger partial charge is 0.338 e. The van der Waals surface area contributed by atoms with Gasteiger partial charge in [-0.15, -0.1) is 0 Å². The van der Waals surface area contributed by atoms with E-state index in [0.717, 1.165) is 28.0 Å². The maximum atomic E-state index is 13.2. The minimum absolute atomic E-state index is 0.110. The predicted molar refractivity (Wildman–Crippen MR) is 162 cm³/mol. The molecule has 0 saturated heterocycles. The van der Waals surface area contributed by atoms with Gasteiger partial charge in [-0.1, -0.05) is 41.7 Å². The van der Waals surface area contributed by atoms with Crippen LogP contribution < -0.4 is 19.1 Å². The largest absolute Gasteiger partial charge is 0.494 e. The van der Waals surface area contributed by atoms with Gasteiger partial charge in [0.1, 0.15) is 35.6 Å². The lowest BCUT2D eigenvalue weighted by Gasteiger charge is -2.41. The molecule has 4 aromatic rings. The fourth-order valence-corrected chi connectivity index (χ4v) is 6.03. The average molecular weight is 604 g/mol. The highest BCUT2D eigenvalue weighted by Gasteiger charge is 2.43. The number of aromatic hydroxyl groups is 1. The Balaban J connectivity index is 1.41. The molecule has 1 aliphatic rings. The summed E-state index contributed by atoms with van der Waals surface area (Å²) in [6.07, 6.45) is 0.0160. The molecule has 0 amide bonds. The van der Waals surface area contributed by atoms with E-state index in [0.29, 0.717) is 51.7 Å². The zero-order valence-corrected chi connectivity index (χ0v) is 25.4. The van der Waals surface area contributed by atoms with Crippen LogP contribution in [0.3, 0.4) is 0 Å². The fourth-order valence-electron chi connectivity index (χ4n) is 5.27. The molecule has 2 atom stereocenters. The van der Waals surface area contributed by atoms with Crippen molar-refractivity contribution in [2.75, 3.05) is 6.61 Å². The lowest BCUT2D eigenvalue weighted by Crippen LogP contribution is -2.45. The first-order valence-electron chi connectivity index (χ1n) is 13.8. The first-order valence-corrected chi connectivity index (χ1v) is 14.7. The SMILES string of the molecule is CC(=O)Oc1c(C)c(C)c2c(c1C)C(OC(=O)c1ccccc1)CC(C)(COc1ccc(Cc3sc(=O)[nH]c3O)cc1)O2. The Kier molecular flexibility index (Phi) is 8.32. The number of fused-ring (bicyclic) bond motifs is 1. The average Bonchev–Trinajstić information content (AvgIpc) is 3.29. The third-order valence-electron chi connectivity index (χ3n) is 7.56. The van der Waals surface area contributed by atoms with Crippen molar-refractivity contribution in [3.63, 3.8) is 0 Å². The first-order chi connectivity index (χ1) is 20.4. The standard InChI is InChI=1S/C33H33NO8S/c1-18-19(2)29-27(20(3)28(18)40-21(4)35)25(41-31(37)23-9-7-6-8-10-23)16-33(5,42-29)17-39-24-13-11-22(12-14-24)15-26-30(36)34-32(38)43-26/h6-14,25,36H,15-17H2,1-5H3,(H,34,38). The zero-order chi connectivity index (χ0) is 30.9. The lowest BCUT2D eigenvalue weighted by atomic mass is 9.85. The molecule has 3 aromatic carbocycles. The van der Waals surface area contributed by atoms with E-state index >= 15 is 0 Å². The molecule has 0 aliphatic carbocycles. The van der Waals surface area contributed by atoms with Crippen molar-refractivity contribution in [2.24, 2.45) is 0 Å². The molecule has 0 radical (unpaired) electrons. The van der Waals surface area contributed by atoms with Crippen molar-refractivity contribution in [3.8, 4) is 23.1 Å². The number of carbonyl (C=O) groups excluding carboxylic acids is 2. The van der Waals surface area contributed by atoms with Crippen LogP contribution in [0.15, 0.2) is 59.4 Å². The number of nitrogens with one attached hydrogen (secondary N) is 1. The molecule has 0 saturated carbocycles. The molecule has 0 spiro atoms. The Morgan fingerprint density at radius 1 is 1.05 bits per heavy atom. The van der Waals surface area contributed by atoms with E-state index < -0.39 is 23.6 Å². The fraction of sp³-hybridized carbons (Fsp3) is 0.303. The van der Waals surface area contributed by atoms with Gasteiger partial charge in [-0.2, -0.15) is 0 Å². The van der Waals surface area contributed by atoms with Gasteiger partial charge in [0, 0.05) is 30.9 Å². The minimum atomic E-state index is -0.872. The molecule has 5 rings (SSSR count). The summed E-state index contributed by atoms with van der Waals surface area (Å²) in [7, 11) is 0. The van der Waals surface area contributed by atoms with Gasteiger partial charge in [0.2, 0.25) is 5.88 Å². The number of benzene rings is 3. The van der Waals surface area contributed by atoms with Crippen LogP contribution in [-0.4, -0.2) is 34.2 Å². The Morgan fingerprint density at radius 2 is 1.74 bits per heavy atom. The number of ether oxygens (including phenoxy) is 4. The van der Waals surface area contributed by atoms with Crippen molar-refractivity contribution in [3.05, 3.63) is 103 Å². The second kappa shape index (κ2) is 12.0. The van der Waals surface area contributed by atoms with Crippen molar-refractivity contribution in [1.29, 1.82) is 0 Å². The number of H-pyrrole nitrogens is 1. The molecule has 224 valence electrons. The Bertz CT molecular complexity index is 1720. The third kappa shape index (κ3) is 6.44. The summed E-state index contributed by atoms with van der Waals surface area (Å²) in [4.78, 5) is 39.3. The molecule has 2 unspecified atom stereocenters. The maximum absolute atomic E-state index is 13.2. The Labute approximate surface area is 253 Å². The molecular weight excluding hydrogens is 570 g/mol. The summed E-state index contributed by atoms with van der Waals surface area (Å²) in [5, 5.41) is 9.89. The molecule has 1 aliphatic heterocycles. The van der Waals surface area contributed by atoms with Gasteiger partial charge >= 0.3 is 16.8 Å². The summed E-state index contributed by atoms with van der Waals surface area (Å²) >= 11 is 0.977. The second-order valence-corrected chi connectivity index (χ2v) is 12.0. The molecule has 43 heavy (non-hydrogen) atoms. The Hall–Kier alpha value is -4.57. The van der Waals surface area contributed by atoms with Gasteiger partial charge in [0.15, 0.2) is 0 Å². The van der Waals surface area contributed by atoms with Crippen LogP contribution in [0.4, 0.5) is 0 Å². The van der Waals surface area contributed by atoms with Gasteiger partial charge < -0.3 is 24.1 Å². The van der Waals surface area contributed by atoms with E-state index in [-0.39, 0.29) is 17.4 Å².